The molecule has 0 N–H and O–H groups in total. The molecule has 88 valence electrons. The van der Waals surface area contributed by atoms with Gasteiger partial charge in [0, 0.05) is 24.5 Å². The van der Waals surface area contributed by atoms with E-state index in [-0.39, 0.29) is 12.2 Å². The lowest BCUT2D eigenvalue weighted by molar-refractivity contribution is 0.0989. The molecule has 2 rings (SSSR count). The molecule has 0 amide bonds. The van der Waals surface area contributed by atoms with Crippen LogP contribution >= 0.6 is 0 Å². The number of nitrogens with zero attached hydrogens (tertiary/aromatic N) is 4. The summed E-state index contributed by atoms with van der Waals surface area (Å²) in [6, 6.07) is 1.84. The van der Waals surface area contributed by atoms with Gasteiger partial charge in [-0.2, -0.15) is 5.10 Å². The van der Waals surface area contributed by atoms with Crippen molar-refractivity contribution in [2.24, 2.45) is 0 Å². The summed E-state index contributed by atoms with van der Waals surface area (Å²) in [4.78, 5) is 20.1. The van der Waals surface area contributed by atoms with Crippen LogP contribution in [0.1, 0.15) is 28.7 Å². The highest BCUT2D eigenvalue weighted by atomic mass is 16.1. The van der Waals surface area contributed by atoms with Gasteiger partial charge in [0.15, 0.2) is 5.78 Å². The third kappa shape index (κ3) is 2.55. The molecule has 0 spiro atoms. The Morgan fingerprint density at radius 1 is 1.41 bits per heavy atom. The first-order valence-electron chi connectivity index (χ1n) is 5.52. The molecule has 2 aromatic rings. The zero-order valence-corrected chi connectivity index (χ0v) is 9.92. The molecular formula is C12H14N4O. The van der Waals surface area contributed by atoms with Gasteiger partial charge in [-0.05, 0) is 25.5 Å². The number of pyridine rings is 1. The lowest BCUT2D eigenvalue weighted by atomic mass is 10.1. The summed E-state index contributed by atoms with van der Waals surface area (Å²) in [6.07, 6.45) is 5.05. The summed E-state index contributed by atoms with van der Waals surface area (Å²) in [5.41, 5.74) is 1.60. The van der Waals surface area contributed by atoms with Crippen LogP contribution in [0.15, 0.2) is 24.8 Å². The maximum atomic E-state index is 12.0. The number of aromatic nitrogens is 4. The molecule has 0 saturated heterocycles. The topological polar surface area (TPSA) is 60.7 Å². The van der Waals surface area contributed by atoms with E-state index in [1.54, 1.807) is 17.1 Å². The first kappa shape index (κ1) is 11.4. The van der Waals surface area contributed by atoms with E-state index in [1.807, 2.05) is 19.9 Å². The van der Waals surface area contributed by atoms with Gasteiger partial charge in [-0.1, -0.05) is 0 Å². The lowest BCUT2D eigenvalue weighted by Gasteiger charge is -2.03. The Morgan fingerprint density at radius 2 is 2.24 bits per heavy atom. The van der Waals surface area contributed by atoms with Crippen molar-refractivity contribution in [2.75, 3.05) is 0 Å². The highest BCUT2D eigenvalue weighted by Gasteiger charge is 2.11. The molecule has 0 aliphatic heterocycles. The van der Waals surface area contributed by atoms with Crippen LogP contribution in [0.3, 0.4) is 0 Å². The predicted molar refractivity (Wildman–Crippen MR) is 62.7 cm³/mol. The Bertz CT molecular complexity index is 533. The number of Topliss-reactive ketones (excluding diaryl/α,β-unsaturated/α-hetero) is 1. The fraction of sp³-hybridized carbons (Fsp3) is 0.333. The summed E-state index contributed by atoms with van der Waals surface area (Å²) < 4.78 is 1.72. The van der Waals surface area contributed by atoms with Gasteiger partial charge in [0.2, 0.25) is 0 Å². The van der Waals surface area contributed by atoms with Crippen molar-refractivity contribution in [1.82, 2.24) is 19.7 Å². The number of ketones is 1. The molecule has 0 radical (unpaired) electrons. The Hall–Kier alpha value is -2.04. The van der Waals surface area contributed by atoms with E-state index in [0.29, 0.717) is 17.9 Å². The Kier molecular flexibility index (Phi) is 3.27. The summed E-state index contributed by atoms with van der Waals surface area (Å²) in [5.74, 6) is 0.711. The zero-order valence-electron chi connectivity index (χ0n) is 9.92. The number of aryl methyl sites for hydroxylation is 2. The highest BCUT2D eigenvalue weighted by molar-refractivity contribution is 5.96. The molecule has 0 aliphatic rings. The van der Waals surface area contributed by atoms with Crippen molar-refractivity contribution in [3.63, 3.8) is 0 Å². The van der Waals surface area contributed by atoms with Gasteiger partial charge in [0.05, 0.1) is 6.42 Å². The van der Waals surface area contributed by atoms with Crippen molar-refractivity contribution in [3.05, 3.63) is 41.7 Å². The molecule has 17 heavy (non-hydrogen) atoms. The van der Waals surface area contributed by atoms with Gasteiger partial charge >= 0.3 is 0 Å². The maximum absolute atomic E-state index is 12.0. The molecule has 5 nitrogen and oxygen atoms in total. The summed E-state index contributed by atoms with van der Waals surface area (Å²) in [6.45, 7) is 4.60. The van der Waals surface area contributed by atoms with Gasteiger partial charge in [0.1, 0.15) is 12.2 Å². The molecule has 0 bridgehead atoms. The van der Waals surface area contributed by atoms with Crippen molar-refractivity contribution in [2.45, 2.75) is 26.8 Å². The second kappa shape index (κ2) is 4.86. The minimum atomic E-state index is 0.0175. The van der Waals surface area contributed by atoms with E-state index in [1.165, 1.54) is 6.33 Å². The number of rotatable bonds is 4. The minimum Gasteiger partial charge on any atom is -0.294 e. The smallest absolute Gasteiger partial charge is 0.171 e. The maximum Gasteiger partial charge on any atom is 0.171 e. The van der Waals surface area contributed by atoms with Crippen LogP contribution in [0.25, 0.3) is 0 Å². The Labute approximate surface area is 99.5 Å². The number of carbonyl (C=O) groups is 1. The van der Waals surface area contributed by atoms with Gasteiger partial charge in [-0.15, -0.1) is 0 Å². The standard InChI is InChI=1S/C12H14N4O/c1-3-16-12(14-8-15-16)5-11(17)10-4-9(2)6-13-7-10/h4,6-8H,3,5H2,1-2H3. The molecule has 0 unspecified atom stereocenters. The van der Waals surface area contributed by atoms with Crippen LogP contribution in [-0.2, 0) is 13.0 Å². The van der Waals surface area contributed by atoms with Crippen molar-refractivity contribution < 1.29 is 4.79 Å². The van der Waals surface area contributed by atoms with Crippen molar-refractivity contribution >= 4 is 5.78 Å². The van der Waals surface area contributed by atoms with Gasteiger partial charge in [-0.3, -0.25) is 9.78 Å². The van der Waals surface area contributed by atoms with Gasteiger partial charge in [-0.25, -0.2) is 9.67 Å². The molecule has 0 aliphatic carbocycles. The van der Waals surface area contributed by atoms with Crippen LogP contribution < -0.4 is 0 Å². The average Bonchev–Trinajstić information content (AvgIpc) is 2.76. The van der Waals surface area contributed by atoms with Crippen molar-refractivity contribution in [3.8, 4) is 0 Å². The monoisotopic (exact) mass is 230 g/mol. The van der Waals surface area contributed by atoms with E-state index in [9.17, 15) is 4.79 Å². The van der Waals surface area contributed by atoms with E-state index in [0.717, 1.165) is 5.56 Å². The summed E-state index contributed by atoms with van der Waals surface area (Å²) >= 11 is 0. The van der Waals surface area contributed by atoms with E-state index in [2.05, 4.69) is 15.1 Å². The fourth-order valence-corrected chi connectivity index (χ4v) is 1.64. The normalized spacial score (nSPS) is 10.5. The third-order valence-corrected chi connectivity index (χ3v) is 2.51. The van der Waals surface area contributed by atoms with Crippen LogP contribution in [0, 0.1) is 6.92 Å². The summed E-state index contributed by atoms with van der Waals surface area (Å²) in [5, 5.41) is 4.04. The Morgan fingerprint density at radius 3 is 2.94 bits per heavy atom. The van der Waals surface area contributed by atoms with Crippen LogP contribution in [0.2, 0.25) is 0 Å². The molecule has 2 aromatic heterocycles. The highest BCUT2D eigenvalue weighted by Crippen LogP contribution is 2.06. The van der Waals surface area contributed by atoms with Crippen LogP contribution in [0.4, 0.5) is 0 Å². The zero-order chi connectivity index (χ0) is 12.3. The summed E-state index contributed by atoms with van der Waals surface area (Å²) in [7, 11) is 0. The van der Waals surface area contributed by atoms with E-state index in [4.69, 9.17) is 0 Å². The molecule has 0 saturated carbocycles. The molecule has 5 heteroatoms. The van der Waals surface area contributed by atoms with Crippen LogP contribution in [-0.4, -0.2) is 25.5 Å². The minimum absolute atomic E-state index is 0.0175. The Balaban J connectivity index is 2.17. The molecule has 0 atom stereocenters. The largest absolute Gasteiger partial charge is 0.294 e. The molecule has 2 heterocycles. The van der Waals surface area contributed by atoms with Gasteiger partial charge in [0.25, 0.3) is 0 Å². The number of hydrogen-bond donors (Lipinski definition) is 0. The average molecular weight is 230 g/mol. The van der Waals surface area contributed by atoms with E-state index < -0.39 is 0 Å². The SMILES string of the molecule is CCn1ncnc1CC(=O)c1cncc(C)c1. The second-order valence-corrected chi connectivity index (χ2v) is 3.84. The second-order valence-electron chi connectivity index (χ2n) is 3.84. The van der Waals surface area contributed by atoms with Crippen LogP contribution in [0.5, 0.6) is 0 Å². The number of carbonyl (C=O) groups excluding carboxylic acids is 1. The fourth-order valence-electron chi connectivity index (χ4n) is 1.64. The quantitative estimate of drug-likeness (QED) is 0.745. The molecule has 0 fully saturated rings. The first-order valence-corrected chi connectivity index (χ1v) is 5.52. The predicted octanol–water partition coefficient (Wildman–Crippen LogP) is 1.43. The molecule has 0 aromatic carbocycles. The van der Waals surface area contributed by atoms with E-state index >= 15 is 0 Å². The van der Waals surface area contributed by atoms with Crippen molar-refractivity contribution in [1.29, 1.82) is 0 Å². The first-order chi connectivity index (χ1) is 8.20. The lowest BCUT2D eigenvalue weighted by Crippen LogP contribution is -2.11. The number of hydrogen-bond acceptors (Lipinski definition) is 4. The van der Waals surface area contributed by atoms with Gasteiger partial charge < -0.3 is 0 Å². The molecular weight excluding hydrogens is 216 g/mol. The third-order valence-electron chi connectivity index (χ3n) is 2.51.